The summed E-state index contributed by atoms with van der Waals surface area (Å²) in [6.45, 7) is 3.21. The molecular formula is C18H20IN. The molecule has 0 radical (unpaired) electrons. The molecule has 1 aliphatic rings. The van der Waals surface area contributed by atoms with Crippen LogP contribution < -0.4 is 5.32 Å². The topological polar surface area (TPSA) is 12.0 Å². The van der Waals surface area contributed by atoms with E-state index in [9.17, 15) is 0 Å². The first kappa shape index (κ1) is 14.1. The van der Waals surface area contributed by atoms with Gasteiger partial charge in [0, 0.05) is 9.61 Å². The van der Waals surface area contributed by atoms with Crippen LogP contribution in [0.3, 0.4) is 0 Å². The van der Waals surface area contributed by atoms with E-state index in [1.54, 1.807) is 5.56 Å². The Labute approximate surface area is 134 Å². The Bertz CT molecular complexity index is 576. The molecule has 20 heavy (non-hydrogen) atoms. The molecule has 0 spiro atoms. The van der Waals surface area contributed by atoms with Crippen LogP contribution in [0.15, 0.2) is 48.5 Å². The van der Waals surface area contributed by atoms with Gasteiger partial charge in [0.1, 0.15) is 0 Å². The molecule has 104 valence electrons. The number of hydrogen-bond acceptors (Lipinski definition) is 1. The lowest BCUT2D eigenvalue weighted by atomic mass is 9.74. The minimum Gasteiger partial charge on any atom is -0.310 e. The van der Waals surface area contributed by atoms with Crippen LogP contribution in [0.2, 0.25) is 0 Å². The Kier molecular flexibility index (Phi) is 4.41. The van der Waals surface area contributed by atoms with Crippen LogP contribution in [0.5, 0.6) is 0 Å². The van der Waals surface area contributed by atoms with Crippen LogP contribution >= 0.6 is 22.6 Å². The summed E-state index contributed by atoms with van der Waals surface area (Å²) in [6.07, 6.45) is 2.44. The van der Waals surface area contributed by atoms with Gasteiger partial charge in [0.25, 0.3) is 0 Å². The first-order chi connectivity index (χ1) is 9.78. The van der Waals surface area contributed by atoms with Gasteiger partial charge in [-0.2, -0.15) is 0 Å². The number of fused-ring (bicyclic) bond motifs is 1. The van der Waals surface area contributed by atoms with E-state index in [-0.39, 0.29) is 0 Å². The number of nitrogens with one attached hydrogen (secondary N) is 1. The average molecular weight is 377 g/mol. The van der Waals surface area contributed by atoms with Gasteiger partial charge in [-0.15, -0.1) is 0 Å². The fourth-order valence-corrected chi connectivity index (χ4v) is 3.50. The summed E-state index contributed by atoms with van der Waals surface area (Å²) in [6, 6.07) is 18.3. The molecule has 1 aliphatic carbocycles. The molecule has 1 nitrogen and oxygen atoms in total. The summed E-state index contributed by atoms with van der Waals surface area (Å²) in [4.78, 5) is 0. The fraction of sp³-hybridized carbons (Fsp3) is 0.333. The maximum Gasteiger partial charge on any atom is 0.0326 e. The second-order valence-corrected chi connectivity index (χ2v) is 6.74. The lowest BCUT2D eigenvalue weighted by Crippen LogP contribution is -2.27. The molecule has 2 aromatic carbocycles. The van der Waals surface area contributed by atoms with Crippen molar-refractivity contribution in [1.82, 2.24) is 5.32 Å². The van der Waals surface area contributed by atoms with Gasteiger partial charge in [-0.3, -0.25) is 0 Å². The molecule has 0 aliphatic heterocycles. The molecule has 0 saturated carbocycles. The van der Waals surface area contributed by atoms with Gasteiger partial charge in [0.05, 0.1) is 0 Å². The van der Waals surface area contributed by atoms with Gasteiger partial charge in [0.2, 0.25) is 0 Å². The van der Waals surface area contributed by atoms with E-state index in [1.807, 2.05) is 0 Å². The van der Waals surface area contributed by atoms with Crippen LogP contribution in [0.4, 0.5) is 0 Å². The first-order valence-corrected chi connectivity index (χ1v) is 8.42. The van der Waals surface area contributed by atoms with Crippen molar-refractivity contribution in [3.8, 4) is 0 Å². The van der Waals surface area contributed by atoms with E-state index < -0.39 is 0 Å². The monoisotopic (exact) mass is 377 g/mol. The van der Waals surface area contributed by atoms with E-state index >= 15 is 0 Å². The average Bonchev–Trinajstić information content (AvgIpc) is 2.44. The van der Waals surface area contributed by atoms with Crippen LogP contribution in [-0.2, 0) is 6.42 Å². The highest BCUT2D eigenvalue weighted by Crippen LogP contribution is 2.40. The molecule has 0 heterocycles. The van der Waals surface area contributed by atoms with Crippen LogP contribution in [0, 0.1) is 3.57 Å². The van der Waals surface area contributed by atoms with Crippen LogP contribution in [0.1, 0.15) is 42.0 Å². The van der Waals surface area contributed by atoms with Crippen molar-refractivity contribution >= 4 is 22.6 Å². The van der Waals surface area contributed by atoms with Crippen molar-refractivity contribution in [3.63, 3.8) is 0 Å². The molecule has 0 amide bonds. The Morgan fingerprint density at radius 1 is 1.15 bits per heavy atom. The molecule has 3 rings (SSSR count). The van der Waals surface area contributed by atoms with Crippen LogP contribution in [0.25, 0.3) is 0 Å². The molecular weight excluding hydrogens is 357 g/mol. The Hall–Kier alpha value is -0.870. The van der Waals surface area contributed by atoms with Crippen molar-refractivity contribution in [1.29, 1.82) is 0 Å². The smallest absolute Gasteiger partial charge is 0.0326 e. The third-order valence-electron chi connectivity index (χ3n) is 4.20. The van der Waals surface area contributed by atoms with Gasteiger partial charge < -0.3 is 5.32 Å². The van der Waals surface area contributed by atoms with Crippen molar-refractivity contribution in [2.75, 3.05) is 6.54 Å². The van der Waals surface area contributed by atoms with Gasteiger partial charge in [-0.25, -0.2) is 0 Å². The van der Waals surface area contributed by atoms with Crippen molar-refractivity contribution in [2.45, 2.75) is 31.7 Å². The second-order valence-electron chi connectivity index (χ2n) is 5.50. The summed E-state index contributed by atoms with van der Waals surface area (Å²) in [5.74, 6) is 0.717. The molecule has 2 heteroatoms. The zero-order valence-electron chi connectivity index (χ0n) is 11.8. The van der Waals surface area contributed by atoms with Crippen molar-refractivity contribution in [2.24, 2.45) is 0 Å². The zero-order chi connectivity index (χ0) is 13.9. The SMILES string of the molecule is CCNC(CC1Cc2ccccc21)c1ccc(I)cc1. The molecule has 0 saturated heterocycles. The van der Waals surface area contributed by atoms with Gasteiger partial charge in [-0.1, -0.05) is 43.3 Å². The minimum absolute atomic E-state index is 0.468. The second kappa shape index (κ2) is 6.27. The number of halogens is 1. The predicted molar refractivity (Wildman–Crippen MR) is 93.1 cm³/mol. The Balaban J connectivity index is 1.74. The Morgan fingerprint density at radius 3 is 2.60 bits per heavy atom. The normalized spacial score (nSPS) is 18.2. The number of hydrogen-bond donors (Lipinski definition) is 1. The van der Waals surface area contributed by atoms with E-state index in [4.69, 9.17) is 0 Å². The number of rotatable bonds is 5. The van der Waals surface area contributed by atoms with Crippen molar-refractivity contribution < 1.29 is 0 Å². The first-order valence-electron chi connectivity index (χ1n) is 7.34. The van der Waals surface area contributed by atoms with E-state index in [0.717, 1.165) is 12.5 Å². The quantitative estimate of drug-likeness (QED) is 0.747. The van der Waals surface area contributed by atoms with E-state index in [2.05, 4.69) is 83.4 Å². The molecule has 0 fully saturated rings. The summed E-state index contributed by atoms with van der Waals surface area (Å²) >= 11 is 2.37. The molecule has 2 aromatic rings. The van der Waals surface area contributed by atoms with Gasteiger partial charge >= 0.3 is 0 Å². The third kappa shape index (κ3) is 2.91. The number of benzene rings is 2. The molecule has 1 N–H and O–H groups in total. The van der Waals surface area contributed by atoms with E-state index in [1.165, 1.54) is 27.5 Å². The van der Waals surface area contributed by atoms with Crippen LogP contribution in [-0.4, -0.2) is 6.54 Å². The largest absolute Gasteiger partial charge is 0.310 e. The maximum atomic E-state index is 3.65. The Morgan fingerprint density at radius 2 is 1.90 bits per heavy atom. The predicted octanol–water partition coefficient (Wildman–Crippen LogP) is 4.67. The van der Waals surface area contributed by atoms with Gasteiger partial charge in [-0.05, 0) is 76.7 Å². The van der Waals surface area contributed by atoms with Crippen molar-refractivity contribution in [3.05, 3.63) is 68.8 Å². The molecule has 0 aromatic heterocycles. The van der Waals surface area contributed by atoms with Gasteiger partial charge in [0.15, 0.2) is 0 Å². The lowest BCUT2D eigenvalue weighted by molar-refractivity contribution is 0.436. The third-order valence-corrected chi connectivity index (χ3v) is 4.92. The molecule has 2 unspecified atom stereocenters. The fourth-order valence-electron chi connectivity index (χ4n) is 3.14. The summed E-state index contributed by atoms with van der Waals surface area (Å²) in [5.41, 5.74) is 4.51. The summed E-state index contributed by atoms with van der Waals surface area (Å²) in [5, 5.41) is 3.65. The summed E-state index contributed by atoms with van der Waals surface area (Å²) in [7, 11) is 0. The summed E-state index contributed by atoms with van der Waals surface area (Å²) < 4.78 is 1.30. The maximum absolute atomic E-state index is 3.65. The highest BCUT2D eigenvalue weighted by molar-refractivity contribution is 14.1. The highest BCUT2D eigenvalue weighted by atomic mass is 127. The lowest BCUT2D eigenvalue weighted by Gasteiger charge is -2.33. The van der Waals surface area contributed by atoms with E-state index in [0.29, 0.717) is 6.04 Å². The highest BCUT2D eigenvalue weighted by Gasteiger charge is 2.28. The molecule has 2 atom stereocenters. The molecule has 0 bridgehead atoms. The minimum atomic E-state index is 0.468. The standard InChI is InChI=1S/C18H20IN/c1-2-20-18(13-7-9-16(19)10-8-13)12-15-11-14-5-3-4-6-17(14)15/h3-10,15,18,20H,2,11-12H2,1H3. The zero-order valence-corrected chi connectivity index (χ0v) is 13.9.